The number of carboxylic acids is 1. The second-order valence-electron chi connectivity index (χ2n) is 5.38. The van der Waals surface area contributed by atoms with Gasteiger partial charge in [-0.2, -0.15) is 0 Å². The van der Waals surface area contributed by atoms with E-state index < -0.39 is 12.0 Å². The van der Waals surface area contributed by atoms with Crippen LogP contribution >= 0.6 is 0 Å². The average Bonchev–Trinajstić information content (AvgIpc) is 2.37. The van der Waals surface area contributed by atoms with Gasteiger partial charge in [0, 0.05) is 13.6 Å². The van der Waals surface area contributed by atoms with Gasteiger partial charge >= 0.3 is 12.0 Å². The predicted molar refractivity (Wildman–Crippen MR) is 73.1 cm³/mol. The summed E-state index contributed by atoms with van der Waals surface area (Å²) in [4.78, 5) is 26.7. The summed E-state index contributed by atoms with van der Waals surface area (Å²) in [6, 6.07) is -1.10. The molecule has 6 heteroatoms. The molecular weight excluding hydrogens is 246 g/mol. The van der Waals surface area contributed by atoms with Crippen molar-refractivity contribution >= 4 is 12.0 Å². The number of nitrogens with one attached hydrogen (secondary N) is 1. The van der Waals surface area contributed by atoms with Crippen LogP contribution in [0.1, 0.15) is 26.2 Å². The van der Waals surface area contributed by atoms with Crippen LogP contribution in [0.25, 0.3) is 0 Å². The topological polar surface area (TPSA) is 72.9 Å². The summed E-state index contributed by atoms with van der Waals surface area (Å²) in [6.45, 7) is 4.56. The molecule has 110 valence electrons. The lowest BCUT2D eigenvalue weighted by atomic mass is 9.97. The van der Waals surface area contributed by atoms with Gasteiger partial charge in [0.2, 0.25) is 0 Å². The number of carbonyl (C=O) groups is 2. The van der Waals surface area contributed by atoms with Crippen molar-refractivity contribution in [3.8, 4) is 0 Å². The van der Waals surface area contributed by atoms with E-state index in [9.17, 15) is 9.59 Å². The standard InChI is InChI=1S/C13H25N3O3/c1-4-11(12(17)18)14-13(19)16(3)9-10-5-7-15(2)8-6-10/h10-11H,4-9H2,1-3H3,(H,14,19)(H,17,18). The molecule has 0 radical (unpaired) electrons. The molecular formula is C13H25N3O3. The molecule has 1 unspecified atom stereocenters. The smallest absolute Gasteiger partial charge is 0.326 e. The molecule has 0 bridgehead atoms. The van der Waals surface area contributed by atoms with Crippen LogP contribution in [0.15, 0.2) is 0 Å². The molecule has 1 aliphatic rings. The zero-order valence-corrected chi connectivity index (χ0v) is 12.1. The Bertz CT molecular complexity index is 314. The third-order valence-electron chi connectivity index (χ3n) is 3.72. The Morgan fingerprint density at radius 1 is 1.42 bits per heavy atom. The van der Waals surface area contributed by atoms with Crippen molar-refractivity contribution in [2.75, 3.05) is 33.7 Å². The quantitative estimate of drug-likeness (QED) is 0.777. The fourth-order valence-corrected chi connectivity index (χ4v) is 2.31. The van der Waals surface area contributed by atoms with E-state index in [1.165, 1.54) is 0 Å². The highest BCUT2D eigenvalue weighted by Gasteiger charge is 2.23. The molecule has 1 heterocycles. The van der Waals surface area contributed by atoms with E-state index >= 15 is 0 Å². The van der Waals surface area contributed by atoms with Crippen LogP contribution in [-0.4, -0.2) is 66.7 Å². The van der Waals surface area contributed by atoms with Crippen LogP contribution in [0, 0.1) is 5.92 Å². The van der Waals surface area contributed by atoms with Crippen LogP contribution in [-0.2, 0) is 4.79 Å². The molecule has 19 heavy (non-hydrogen) atoms. The van der Waals surface area contributed by atoms with Gasteiger partial charge in [-0.25, -0.2) is 9.59 Å². The SMILES string of the molecule is CCC(NC(=O)N(C)CC1CCN(C)CC1)C(=O)O. The first-order chi connectivity index (χ1) is 8.93. The Hall–Kier alpha value is -1.30. The number of carboxylic acid groups (broad SMARTS) is 1. The molecule has 0 aliphatic carbocycles. The van der Waals surface area contributed by atoms with Gasteiger partial charge in [0.05, 0.1) is 0 Å². The minimum absolute atomic E-state index is 0.298. The lowest BCUT2D eigenvalue weighted by molar-refractivity contribution is -0.139. The first kappa shape index (κ1) is 15.8. The Balaban J connectivity index is 2.38. The molecule has 0 saturated carbocycles. The van der Waals surface area contributed by atoms with Crippen LogP contribution in [0.5, 0.6) is 0 Å². The summed E-state index contributed by atoms with van der Waals surface area (Å²) in [6.07, 6.45) is 2.57. The summed E-state index contributed by atoms with van der Waals surface area (Å²) in [5.74, 6) is -0.472. The fourth-order valence-electron chi connectivity index (χ4n) is 2.31. The van der Waals surface area contributed by atoms with Crippen molar-refractivity contribution in [3.63, 3.8) is 0 Å². The number of hydrogen-bond acceptors (Lipinski definition) is 3. The largest absolute Gasteiger partial charge is 0.480 e. The van der Waals surface area contributed by atoms with Crippen molar-refractivity contribution in [1.29, 1.82) is 0 Å². The fraction of sp³-hybridized carbons (Fsp3) is 0.846. The third-order valence-corrected chi connectivity index (χ3v) is 3.72. The van der Waals surface area contributed by atoms with Crippen molar-refractivity contribution in [1.82, 2.24) is 15.1 Å². The summed E-state index contributed by atoms with van der Waals surface area (Å²) in [5.41, 5.74) is 0. The molecule has 1 rings (SSSR count). The lowest BCUT2D eigenvalue weighted by Crippen LogP contribution is -2.48. The molecule has 2 amide bonds. The summed E-state index contributed by atoms with van der Waals surface area (Å²) < 4.78 is 0. The highest BCUT2D eigenvalue weighted by molar-refractivity contribution is 5.82. The first-order valence-electron chi connectivity index (χ1n) is 6.87. The van der Waals surface area contributed by atoms with Gasteiger partial charge in [-0.1, -0.05) is 6.92 Å². The maximum atomic E-state index is 11.9. The second kappa shape index (κ2) is 7.33. The van der Waals surface area contributed by atoms with Gasteiger partial charge in [-0.15, -0.1) is 0 Å². The average molecular weight is 271 g/mol. The first-order valence-corrected chi connectivity index (χ1v) is 6.87. The van der Waals surface area contributed by atoms with Crippen LogP contribution in [0.3, 0.4) is 0 Å². The Morgan fingerprint density at radius 2 is 2.00 bits per heavy atom. The molecule has 1 aliphatic heterocycles. The van der Waals surface area contributed by atoms with Crippen LogP contribution in [0.4, 0.5) is 4.79 Å². The monoisotopic (exact) mass is 271 g/mol. The van der Waals surface area contributed by atoms with E-state index in [1.54, 1.807) is 18.9 Å². The van der Waals surface area contributed by atoms with Crippen molar-refractivity contribution in [3.05, 3.63) is 0 Å². The molecule has 1 saturated heterocycles. The van der Waals surface area contributed by atoms with E-state index in [-0.39, 0.29) is 6.03 Å². The van der Waals surface area contributed by atoms with E-state index in [2.05, 4.69) is 17.3 Å². The van der Waals surface area contributed by atoms with Gasteiger partial charge in [0.25, 0.3) is 0 Å². The number of amides is 2. The number of likely N-dealkylation sites (tertiary alicyclic amines) is 1. The summed E-state index contributed by atoms with van der Waals surface area (Å²) in [5, 5.41) is 11.5. The van der Waals surface area contributed by atoms with Gasteiger partial charge in [0.15, 0.2) is 0 Å². The van der Waals surface area contributed by atoms with E-state index in [0.29, 0.717) is 18.9 Å². The normalized spacial score (nSPS) is 18.9. The van der Waals surface area contributed by atoms with Crippen molar-refractivity contribution in [2.24, 2.45) is 5.92 Å². The number of carbonyl (C=O) groups excluding carboxylic acids is 1. The van der Waals surface area contributed by atoms with Crippen molar-refractivity contribution in [2.45, 2.75) is 32.2 Å². The highest BCUT2D eigenvalue weighted by atomic mass is 16.4. The molecule has 0 aromatic heterocycles. The van der Waals surface area contributed by atoms with Gasteiger partial charge in [0.1, 0.15) is 6.04 Å². The zero-order chi connectivity index (χ0) is 14.4. The van der Waals surface area contributed by atoms with E-state index in [4.69, 9.17) is 5.11 Å². The third kappa shape index (κ3) is 5.06. The summed E-state index contributed by atoms with van der Waals surface area (Å²) >= 11 is 0. The molecule has 0 aromatic rings. The molecule has 1 fully saturated rings. The van der Waals surface area contributed by atoms with Crippen LogP contribution < -0.4 is 5.32 Å². The van der Waals surface area contributed by atoms with Crippen LogP contribution in [0.2, 0.25) is 0 Å². The second-order valence-corrected chi connectivity index (χ2v) is 5.38. The number of urea groups is 1. The maximum Gasteiger partial charge on any atom is 0.326 e. The maximum absolute atomic E-state index is 11.9. The van der Waals surface area contributed by atoms with Crippen molar-refractivity contribution < 1.29 is 14.7 Å². The Morgan fingerprint density at radius 3 is 2.47 bits per heavy atom. The zero-order valence-electron chi connectivity index (χ0n) is 12.1. The predicted octanol–water partition coefficient (Wildman–Crippen LogP) is 0.833. The number of piperidine rings is 1. The lowest BCUT2D eigenvalue weighted by Gasteiger charge is -2.32. The van der Waals surface area contributed by atoms with Gasteiger partial charge in [-0.05, 0) is 45.3 Å². The molecule has 2 N–H and O–H groups in total. The highest BCUT2D eigenvalue weighted by Crippen LogP contribution is 2.16. The number of hydrogen-bond donors (Lipinski definition) is 2. The van der Waals surface area contributed by atoms with Gasteiger partial charge in [-0.3, -0.25) is 0 Å². The summed E-state index contributed by atoms with van der Waals surface area (Å²) in [7, 11) is 3.83. The van der Waals surface area contributed by atoms with Gasteiger partial charge < -0.3 is 20.2 Å². The minimum atomic E-state index is -0.983. The van der Waals surface area contributed by atoms with E-state index in [1.807, 2.05) is 0 Å². The Labute approximate surface area is 114 Å². The molecule has 0 spiro atoms. The number of aliphatic carboxylic acids is 1. The minimum Gasteiger partial charge on any atom is -0.480 e. The molecule has 0 aromatic carbocycles. The van der Waals surface area contributed by atoms with E-state index in [0.717, 1.165) is 25.9 Å². The Kier molecular flexibility index (Phi) is 6.08. The molecule has 1 atom stereocenters. The number of nitrogens with zero attached hydrogens (tertiary/aromatic N) is 2. The number of rotatable bonds is 5. The molecule has 6 nitrogen and oxygen atoms in total.